The minimum Gasteiger partial charge on any atom is -0.343 e. The lowest BCUT2D eigenvalue weighted by atomic mass is 9.94. The van der Waals surface area contributed by atoms with Crippen molar-refractivity contribution in [3.8, 4) is 0 Å². The molecule has 1 aliphatic carbocycles. The van der Waals surface area contributed by atoms with Crippen molar-refractivity contribution in [1.82, 2.24) is 9.55 Å². The van der Waals surface area contributed by atoms with Crippen LogP contribution in [-0.2, 0) is 12.8 Å². The van der Waals surface area contributed by atoms with Gasteiger partial charge in [-0.05, 0) is 49.1 Å². The monoisotopic (exact) mass is 274 g/mol. The Morgan fingerprint density at radius 2 is 1.86 bits per heavy atom. The first-order valence-corrected chi connectivity index (χ1v) is 7.48. The minimum absolute atomic E-state index is 0.237. The molecule has 0 saturated carbocycles. The van der Waals surface area contributed by atoms with Gasteiger partial charge in [-0.2, -0.15) is 0 Å². The van der Waals surface area contributed by atoms with Crippen molar-refractivity contribution in [2.24, 2.45) is 0 Å². The first kappa shape index (κ1) is 12.4. The van der Waals surface area contributed by atoms with Crippen molar-refractivity contribution in [2.75, 3.05) is 0 Å². The zero-order valence-corrected chi connectivity index (χ0v) is 12.2. The van der Waals surface area contributed by atoms with E-state index in [1.807, 2.05) is 6.20 Å². The Kier molecular flexibility index (Phi) is 2.88. The van der Waals surface area contributed by atoms with Gasteiger partial charge in [0.2, 0.25) is 0 Å². The van der Waals surface area contributed by atoms with Gasteiger partial charge >= 0.3 is 0 Å². The van der Waals surface area contributed by atoms with E-state index >= 15 is 0 Å². The SMILES string of the molecule is Cc1ccc2c(c1)C(n1cccc1)c1cccnc1CC2. The summed E-state index contributed by atoms with van der Waals surface area (Å²) in [5, 5.41) is 0. The third-order valence-electron chi connectivity index (χ3n) is 4.37. The van der Waals surface area contributed by atoms with Crippen LogP contribution in [0.1, 0.15) is 34.0 Å². The molecule has 0 aliphatic heterocycles. The van der Waals surface area contributed by atoms with E-state index < -0.39 is 0 Å². The third-order valence-corrected chi connectivity index (χ3v) is 4.37. The Hall–Kier alpha value is -2.35. The van der Waals surface area contributed by atoms with Crippen molar-refractivity contribution in [1.29, 1.82) is 0 Å². The fraction of sp³-hybridized carbons (Fsp3) is 0.211. The first-order valence-electron chi connectivity index (χ1n) is 7.48. The second kappa shape index (κ2) is 4.88. The molecule has 1 atom stereocenters. The number of benzene rings is 1. The van der Waals surface area contributed by atoms with E-state index in [2.05, 4.69) is 71.3 Å². The Bertz CT molecular complexity index is 772. The molecule has 1 aromatic carbocycles. The van der Waals surface area contributed by atoms with Crippen LogP contribution in [0.3, 0.4) is 0 Å². The van der Waals surface area contributed by atoms with Crippen LogP contribution in [0.25, 0.3) is 0 Å². The fourth-order valence-electron chi connectivity index (χ4n) is 3.37. The van der Waals surface area contributed by atoms with Gasteiger partial charge in [0, 0.05) is 29.8 Å². The summed E-state index contributed by atoms with van der Waals surface area (Å²) in [5.41, 5.74) is 6.73. The van der Waals surface area contributed by atoms with Crippen molar-refractivity contribution in [3.63, 3.8) is 0 Å². The number of hydrogen-bond donors (Lipinski definition) is 0. The van der Waals surface area contributed by atoms with Crippen molar-refractivity contribution >= 4 is 0 Å². The van der Waals surface area contributed by atoms with Crippen molar-refractivity contribution in [2.45, 2.75) is 25.8 Å². The first-order chi connectivity index (χ1) is 10.3. The second-order valence-corrected chi connectivity index (χ2v) is 5.77. The van der Waals surface area contributed by atoms with E-state index in [0.717, 1.165) is 12.8 Å². The second-order valence-electron chi connectivity index (χ2n) is 5.77. The number of hydrogen-bond acceptors (Lipinski definition) is 1. The molecule has 104 valence electrons. The Morgan fingerprint density at radius 3 is 2.71 bits per heavy atom. The molecule has 0 bridgehead atoms. The predicted octanol–water partition coefficient (Wildman–Crippen LogP) is 3.93. The lowest BCUT2D eigenvalue weighted by Crippen LogP contribution is -2.13. The molecule has 1 unspecified atom stereocenters. The van der Waals surface area contributed by atoms with Gasteiger partial charge in [-0.1, -0.05) is 29.8 Å². The normalized spacial score (nSPS) is 16.9. The number of nitrogens with zero attached hydrogens (tertiary/aromatic N) is 2. The average molecular weight is 274 g/mol. The van der Waals surface area contributed by atoms with Gasteiger partial charge in [0.05, 0.1) is 6.04 Å². The molecule has 0 N–H and O–H groups in total. The fourth-order valence-corrected chi connectivity index (χ4v) is 3.37. The van der Waals surface area contributed by atoms with Gasteiger partial charge in [0.1, 0.15) is 0 Å². The lowest BCUT2D eigenvalue weighted by Gasteiger charge is -2.22. The number of aryl methyl sites for hydroxylation is 3. The Balaban J connectivity index is 2.00. The standard InChI is InChI=1S/C19H18N2/c1-14-6-7-15-8-9-18-16(5-4-10-20-18)19(17(15)13-14)21-11-2-3-12-21/h2-7,10-13,19H,8-9H2,1H3. The average Bonchev–Trinajstić information content (AvgIpc) is 2.97. The molecule has 0 spiro atoms. The molecular formula is C19H18N2. The lowest BCUT2D eigenvalue weighted by molar-refractivity contribution is 0.674. The number of pyridine rings is 1. The molecule has 2 aromatic heterocycles. The highest BCUT2D eigenvalue weighted by Gasteiger charge is 2.25. The summed E-state index contributed by atoms with van der Waals surface area (Å²) in [6, 6.07) is 15.5. The van der Waals surface area contributed by atoms with Gasteiger partial charge in [0.25, 0.3) is 0 Å². The topological polar surface area (TPSA) is 17.8 Å². The zero-order valence-electron chi connectivity index (χ0n) is 12.2. The van der Waals surface area contributed by atoms with Crippen LogP contribution < -0.4 is 0 Å². The molecule has 21 heavy (non-hydrogen) atoms. The van der Waals surface area contributed by atoms with Crippen LogP contribution in [0.2, 0.25) is 0 Å². The molecule has 2 nitrogen and oxygen atoms in total. The maximum absolute atomic E-state index is 4.63. The van der Waals surface area contributed by atoms with E-state index in [9.17, 15) is 0 Å². The summed E-state index contributed by atoms with van der Waals surface area (Å²) in [6.45, 7) is 2.17. The van der Waals surface area contributed by atoms with E-state index in [0.29, 0.717) is 0 Å². The van der Waals surface area contributed by atoms with Crippen LogP contribution in [0.4, 0.5) is 0 Å². The smallest absolute Gasteiger partial charge is 0.0853 e. The highest BCUT2D eigenvalue weighted by atomic mass is 15.0. The van der Waals surface area contributed by atoms with Crippen LogP contribution in [0.15, 0.2) is 61.1 Å². The zero-order chi connectivity index (χ0) is 14.2. The number of rotatable bonds is 1. The summed E-state index contributed by atoms with van der Waals surface area (Å²) in [6.07, 6.45) is 8.30. The predicted molar refractivity (Wildman–Crippen MR) is 84.5 cm³/mol. The van der Waals surface area contributed by atoms with Gasteiger partial charge < -0.3 is 4.57 Å². The van der Waals surface area contributed by atoms with Crippen LogP contribution >= 0.6 is 0 Å². The van der Waals surface area contributed by atoms with E-state index in [1.54, 1.807) is 0 Å². The molecule has 3 aromatic rings. The van der Waals surface area contributed by atoms with Gasteiger partial charge in [-0.15, -0.1) is 0 Å². The van der Waals surface area contributed by atoms with E-state index in [4.69, 9.17) is 0 Å². The molecule has 0 fully saturated rings. The summed E-state index contributed by atoms with van der Waals surface area (Å²) >= 11 is 0. The summed E-state index contributed by atoms with van der Waals surface area (Å²) in [4.78, 5) is 4.63. The number of fused-ring (bicyclic) bond motifs is 2. The summed E-state index contributed by atoms with van der Waals surface area (Å²) < 4.78 is 2.30. The quantitative estimate of drug-likeness (QED) is 0.657. The minimum atomic E-state index is 0.237. The highest BCUT2D eigenvalue weighted by molar-refractivity contribution is 5.44. The Labute approximate surface area is 125 Å². The molecule has 4 rings (SSSR count). The molecule has 0 radical (unpaired) electrons. The molecular weight excluding hydrogens is 256 g/mol. The van der Waals surface area contributed by atoms with Crippen molar-refractivity contribution in [3.05, 3.63) is 89.0 Å². The molecule has 2 heterocycles. The third kappa shape index (κ3) is 2.07. The Morgan fingerprint density at radius 1 is 1.00 bits per heavy atom. The summed E-state index contributed by atoms with van der Waals surface area (Å²) in [5.74, 6) is 0. The van der Waals surface area contributed by atoms with Crippen LogP contribution in [-0.4, -0.2) is 9.55 Å². The van der Waals surface area contributed by atoms with Gasteiger partial charge in [0.15, 0.2) is 0 Å². The molecule has 0 amide bonds. The van der Waals surface area contributed by atoms with E-state index in [1.165, 1.54) is 27.9 Å². The van der Waals surface area contributed by atoms with Crippen LogP contribution in [0.5, 0.6) is 0 Å². The molecule has 0 saturated heterocycles. The van der Waals surface area contributed by atoms with E-state index in [-0.39, 0.29) is 6.04 Å². The molecule has 1 aliphatic rings. The molecule has 2 heteroatoms. The van der Waals surface area contributed by atoms with Gasteiger partial charge in [-0.3, -0.25) is 4.98 Å². The van der Waals surface area contributed by atoms with Gasteiger partial charge in [-0.25, -0.2) is 0 Å². The number of aromatic nitrogens is 2. The highest BCUT2D eigenvalue weighted by Crippen LogP contribution is 2.35. The maximum atomic E-state index is 4.63. The van der Waals surface area contributed by atoms with Crippen molar-refractivity contribution < 1.29 is 0 Å². The maximum Gasteiger partial charge on any atom is 0.0853 e. The summed E-state index contributed by atoms with van der Waals surface area (Å²) in [7, 11) is 0. The van der Waals surface area contributed by atoms with Crippen LogP contribution in [0, 0.1) is 6.92 Å². The largest absolute Gasteiger partial charge is 0.343 e.